The monoisotopic (exact) mass is 555 g/mol. The summed E-state index contributed by atoms with van der Waals surface area (Å²) in [6, 6.07) is 22.4. The predicted molar refractivity (Wildman–Crippen MR) is 163 cm³/mol. The molecule has 0 saturated heterocycles. The van der Waals surface area contributed by atoms with Gasteiger partial charge in [0.15, 0.2) is 5.13 Å². The lowest BCUT2D eigenvalue weighted by molar-refractivity contribution is -0.136. The molecule has 1 atom stereocenters. The summed E-state index contributed by atoms with van der Waals surface area (Å²) >= 11 is 1.58. The van der Waals surface area contributed by atoms with E-state index in [1.165, 1.54) is 36.0 Å². The number of carboxylic acid groups (broad SMARTS) is 1. The fourth-order valence-corrected chi connectivity index (χ4v) is 5.28. The van der Waals surface area contributed by atoms with Gasteiger partial charge in [0.25, 0.3) is 5.91 Å². The SMILES string of the molecule is CCCCCc1ccc(-c2csc(NC(c3ccc(C(=O)NCCC(=O)O)cc3)c3ccc(C)c(C)c3)n2)cc1. The lowest BCUT2D eigenvalue weighted by Crippen LogP contribution is -2.26. The average molecular weight is 556 g/mol. The highest BCUT2D eigenvalue weighted by Gasteiger charge is 2.18. The third kappa shape index (κ3) is 7.79. The van der Waals surface area contributed by atoms with Crippen molar-refractivity contribution < 1.29 is 14.7 Å². The highest BCUT2D eigenvalue weighted by molar-refractivity contribution is 7.14. The number of hydrogen-bond donors (Lipinski definition) is 3. The van der Waals surface area contributed by atoms with Crippen LogP contribution in [0, 0.1) is 13.8 Å². The summed E-state index contributed by atoms with van der Waals surface area (Å²) in [5, 5.41) is 18.0. The summed E-state index contributed by atoms with van der Waals surface area (Å²) in [5.41, 5.74) is 8.43. The molecule has 0 aliphatic carbocycles. The second-order valence-electron chi connectivity index (χ2n) is 10.1. The Hall–Kier alpha value is -3.97. The number of carbonyl (C=O) groups excluding carboxylic acids is 1. The van der Waals surface area contributed by atoms with Crippen molar-refractivity contribution in [2.24, 2.45) is 0 Å². The molecule has 40 heavy (non-hydrogen) atoms. The van der Waals surface area contributed by atoms with Crippen LogP contribution < -0.4 is 10.6 Å². The van der Waals surface area contributed by atoms with Crippen LogP contribution in [0.5, 0.6) is 0 Å². The van der Waals surface area contributed by atoms with Crippen LogP contribution in [-0.4, -0.2) is 28.5 Å². The number of amides is 1. The van der Waals surface area contributed by atoms with Gasteiger partial charge in [0.1, 0.15) is 0 Å². The second kappa shape index (κ2) is 13.9. The Balaban J connectivity index is 1.53. The van der Waals surface area contributed by atoms with E-state index in [4.69, 9.17) is 10.1 Å². The Morgan fingerprint density at radius 2 is 1.65 bits per heavy atom. The fraction of sp³-hybridized carbons (Fsp3) is 0.303. The minimum Gasteiger partial charge on any atom is -0.481 e. The summed E-state index contributed by atoms with van der Waals surface area (Å²) in [6.07, 6.45) is 4.70. The predicted octanol–water partition coefficient (Wildman–Crippen LogP) is 7.57. The van der Waals surface area contributed by atoms with Gasteiger partial charge < -0.3 is 15.7 Å². The van der Waals surface area contributed by atoms with Gasteiger partial charge in [0.2, 0.25) is 0 Å². The molecule has 0 bridgehead atoms. The van der Waals surface area contributed by atoms with E-state index in [-0.39, 0.29) is 24.9 Å². The molecule has 1 amide bonds. The van der Waals surface area contributed by atoms with E-state index in [9.17, 15) is 9.59 Å². The number of nitrogens with zero attached hydrogens (tertiary/aromatic N) is 1. The molecule has 3 aromatic carbocycles. The second-order valence-corrected chi connectivity index (χ2v) is 11.0. The van der Waals surface area contributed by atoms with Crippen LogP contribution >= 0.6 is 11.3 Å². The molecule has 3 N–H and O–H groups in total. The molecule has 6 nitrogen and oxygen atoms in total. The number of anilines is 1. The van der Waals surface area contributed by atoms with Crippen molar-refractivity contribution in [1.82, 2.24) is 10.3 Å². The molecular weight excluding hydrogens is 518 g/mol. The van der Waals surface area contributed by atoms with Crippen molar-refractivity contribution in [3.63, 3.8) is 0 Å². The minimum absolute atomic E-state index is 0.0940. The van der Waals surface area contributed by atoms with Crippen LogP contribution in [-0.2, 0) is 11.2 Å². The molecule has 0 radical (unpaired) electrons. The van der Waals surface area contributed by atoms with E-state index < -0.39 is 5.97 Å². The van der Waals surface area contributed by atoms with Gasteiger partial charge in [-0.3, -0.25) is 9.59 Å². The van der Waals surface area contributed by atoms with Gasteiger partial charge in [0, 0.05) is 23.1 Å². The highest BCUT2D eigenvalue weighted by Crippen LogP contribution is 2.32. The number of nitrogens with one attached hydrogen (secondary N) is 2. The number of carbonyl (C=O) groups is 2. The Morgan fingerprint density at radius 1 is 0.925 bits per heavy atom. The largest absolute Gasteiger partial charge is 0.481 e. The first-order valence-electron chi connectivity index (χ1n) is 13.8. The van der Waals surface area contributed by atoms with E-state index >= 15 is 0 Å². The number of benzene rings is 3. The number of carboxylic acids is 1. The average Bonchev–Trinajstić information content (AvgIpc) is 3.42. The quantitative estimate of drug-likeness (QED) is 0.148. The van der Waals surface area contributed by atoms with E-state index in [2.05, 4.69) is 79.2 Å². The smallest absolute Gasteiger partial charge is 0.305 e. The maximum Gasteiger partial charge on any atom is 0.305 e. The molecule has 4 rings (SSSR count). The fourth-order valence-electron chi connectivity index (χ4n) is 4.53. The summed E-state index contributed by atoms with van der Waals surface area (Å²) in [5.74, 6) is -1.23. The van der Waals surface area contributed by atoms with Gasteiger partial charge >= 0.3 is 5.97 Å². The van der Waals surface area contributed by atoms with Gasteiger partial charge in [-0.05, 0) is 66.6 Å². The van der Waals surface area contributed by atoms with Gasteiger partial charge in [-0.2, -0.15) is 0 Å². The molecule has 0 fully saturated rings. The topological polar surface area (TPSA) is 91.3 Å². The van der Waals surface area contributed by atoms with Gasteiger partial charge in [0.05, 0.1) is 18.2 Å². The van der Waals surface area contributed by atoms with Crippen molar-refractivity contribution in [2.75, 3.05) is 11.9 Å². The summed E-state index contributed by atoms with van der Waals surface area (Å²) < 4.78 is 0. The molecule has 1 heterocycles. The van der Waals surface area contributed by atoms with E-state index in [1.807, 2.05) is 12.1 Å². The molecule has 0 spiro atoms. The Labute approximate surface area is 240 Å². The van der Waals surface area contributed by atoms with Crippen LogP contribution in [0.15, 0.2) is 72.1 Å². The van der Waals surface area contributed by atoms with Crippen LogP contribution in [0.3, 0.4) is 0 Å². The normalized spacial score (nSPS) is 11.7. The number of rotatable bonds is 13. The van der Waals surface area contributed by atoms with Crippen molar-refractivity contribution in [3.8, 4) is 11.3 Å². The molecule has 208 valence electrons. The molecule has 4 aromatic rings. The molecule has 7 heteroatoms. The molecule has 0 aliphatic rings. The lowest BCUT2D eigenvalue weighted by atomic mass is 9.95. The van der Waals surface area contributed by atoms with E-state index in [1.54, 1.807) is 23.5 Å². The molecule has 0 saturated carbocycles. The van der Waals surface area contributed by atoms with Crippen LogP contribution in [0.4, 0.5) is 5.13 Å². The van der Waals surface area contributed by atoms with Gasteiger partial charge in [-0.1, -0.05) is 74.4 Å². The van der Waals surface area contributed by atoms with Crippen LogP contribution in [0.25, 0.3) is 11.3 Å². The maximum absolute atomic E-state index is 12.4. The van der Waals surface area contributed by atoms with Crippen molar-refractivity contribution in [3.05, 3.63) is 105 Å². The number of unbranched alkanes of at least 4 members (excludes halogenated alkanes) is 2. The lowest BCUT2D eigenvalue weighted by Gasteiger charge is -2.21. The summed E-state index contributed by atoms with van der Waals surface area (Å²) in [7, 11) is 0. The van der Waals surface area contributed by atoms with Crippen LogP contribution in [0.1, 0.15) is 76.8 Å². The van der Waals surface area contributed by atoms with Crippen molar-refractivity contribution in [2.45, 2.75) is 58.9 Å². The number of thiazole rings is 1. The maximum atomic E-state index is 12.4. The Morgan fingerprint density at radius 3 is 2.33 bits per heavy atom. The first kappa shape index (κ1) is 29.0. The minimum atomic E-state index is -0.942. The van der Waals surface area contributed by atoms with Crippen LogP contribution in [0.2, 0.25) is 0 Å². The van der Waals surface area contributed by atoms with Crippen molar-refractivity contribution in [1.29, 1.82) is 0 Å². The van der Waals surface area contributed by atoms with Gasteiger partial charge in [-0.15, -0.1) is 11.3 Å². The molecule has 1 unspecified atom stereocenters. The first-order valence-corrected chi connectivity index (χ1v) is 14.7. The van der Waals surface area contributed by atoms with E-state index in [0.717, 1.165) is 33.9 Å². The zero-order valence-corrected chi connectivity index (χ0v) is 24.2. The zero-order chi connectivity index (χ0) is 28.5. The number of aliphatic carboxylic acids is 1. The number of aryl methyl sites for hydroxylation is 3. The van der Waals surface area contributed by atoms with Crippen molar-refractivity contribution >= 4 is 28.3 Å². The Kier molecular flexibility index (Phi) is 10.1. The Bertz CT molecular complexity index is 1430. The number of hydrogen-bond acceptors (Lipinski definition) is 5. The highest BCUT2D eigenvalue weighted by atomic mass is 32.1. The molecule has 0 aliphatic heterocycles. The summed E-state index contributed by atoms with van der Waals surface area (Å²) in [4.78, 5) is 28.1. The molecular formula is C33H37N3O3S. The third-order valence-electron chi connectivity index (χ3n) is 7.09. The zero-order valence-electron chi connectivity index (χ0n) is 23.4. The van der Waals surface area contributed by atoms with E-state index in [0.29, 0.717) is 5.56 Å². The molecule has 1 aromatic heterocycles. The first-order chi connectivity index (χ1) is 19.3. The third-order valence-corrected chi connectivity index (χ3v) is 7.86. The summed E-state index contributed by atoms with van der Waals surface area (Å²) in [6.45, 7) is 6.52. The van der Waals surface area contributed by atoms with Gasteiger partial charge in [-0.25, -0.2) is 4.98 Å². The number of aromatic nitrogens is 1. The standard InChI is InChI=1S/C33H37N3O3S/c1-4-5-6-7-24-9-12-25(13-10-24)29-21-40-33(35-29)36-31(28-11-8-22(2)23(3)20-28)26-14-16-27(17-15-26)32(39)34-19-18-30(37)38/h8-17,20-21,31H,4-7,18-19H2,1-3H3,(H,34,39)(H,35,36)(H,37,38).